The van der Waals surface area contributed by atoms with Gasteiger partial charge in [-0.25, -0.2) is 4.68 Å². The molecule has 1 aromatic carbocycles. The summed E-state index contributed by atoms with van der Waals surface area (Å²) in [5.74, 6) is -0.309. The highest BCUT2D eigenvalue weighted by Crippen LogP contribution is 2.22. The second-order valence-corrected chi connectivity index (χ2v) is 8.32. The van der Waals surface area contributed by atoms with E-state index in [1.54, 1.807) is 10.4 Å². The van der Waals surface area contributed by atoms with Gasteiger partial charge in [0.2, 0.25) is 16.9 Å². The zero-order chi connectivity index (χ0) is 21.1. The third-order valence-electron chi connectivity index (χ3n) is 5.50. The minimum absolute atomic E-state index is 0.0298. The van der Waals surface area contributed by atoms with E-state index in [4.69, 9.17) is 0 Å². The Balaban J connectivity index is 1.44. The van der Waals surface area contributed by atoms with Gasteiger partial charge in [0.25, 0.3) is 0 Å². The number of nitrogens with one attached hydrogen (secondary N) is 1. The molecule has 1 aliphatic heterocycles. The number of amides is 2. The molecule has 1 atom stereocenters. The van der Waals surface area contributed by atoms with Crippen LogP contribution in [0.25, 0.3) is 5.69 Å². The predicted molar refractivity (Wildman–Crippen MR) is 115 cm³/mol. The van der Waals surface area contributed by atoms with Crippen molar-refractivity contribution in [3.8, 4) is 5.69 Å². The van der Waals surface area contributed by atoms with Gasteiger partial charge in [-0.15, -0.1) is 10.2 Å². The minimum Gasteiger partial charge on any atom is -0.342 e. The average Bonchev–Trinajstić information content (AvgIpc) is 3.37. The molecule has 156 valence electrons. The molecule has 8 nitrogen and oxygen atoms in total. The second-order valence-electron chi connectivity index (χ2n) is 7.49. The Bertz CT molecular complexity index is 1030. The van der Waals surface area contributed by atoms with Gasteiger partial charge in [0.05, 0.1) is 23.7 Å². The van der Waals surface area contributed by atoms with Crippen LogP contribution in [0.15, 0.2) is 35.8 Å². The second kappa shape index (κ2) is 8.74. The number of benzene rings is 1. The van der Waals surface area contributed by atoms with Gasteiger partial charge in [-0.1, -0.05) is 29.5 Å². The van der Waals surface area contributed by atoms with Crippen molar-refractivity contribution in [1.29, 1.82) is 0 Å². The molecule has 0 aliphatic carbocycles. The van der Waals surface area contributed by atoms with E-state index in [-0.39, 0.29) is 24.2 Å². The fourth-order valence-corrected chi connectivity index (χ4v) is 4.32. The number of piperidine rings is 1. The van der Waals surface area contributed by atoms with Crippen LogP contribution < -0.4 is 5.32 Å². The fourth-order valence-electron chi connectivity index (χ4n) is 3.87. The number of nitrogens with zero attached hydrogens (tertiary/aromatic N) is 5. The molecule has 0 saturated carbocycles. The molecule has 0 radical (unpaired) electrons. The first-order chi connectivity index (χ1) is 14.5. The highest BCUT2D eigenvalue weighted by molar-refractivity contribution is 7.13. The van der Waals surface area contributed by atoms with Gasteiger partial charge < -0.3 is 10.2 Å². The quantitative estimate of drug-likeness (QED) is 0.680. The van der Waals surface area contributed by atoms with E-state index in [2.05, 4.69) is 20.6 Å². The Labute approximate surface area is 178 Å². The van der Waals surface area contributed by atoms with Gasteiger partial charge in [0.15, 0.2) is 0 Å². The fraction of sp³-hybridized carbons (Fsp3) is 0.381. The summed E-state index contributed by atoms with van der Waals surface area (Å²) in [6.45, 7) is 5.02. The van der Waals surface area contributed by atoms with Crippen molar-refractivity contribution in [3.05, 3.63) is 52.8 Å². The number of anilines is 1. The summed E-state index contributed by atoms with van der Waals surface area (Å²) in [6.07, 6.45) is 1.86. The van der Waals surface area contributed by atoms with Crippen LogP contribution in [0.3, 0.4) is 0 Å². The zero-order valence-electron chi connectivity index (χ0n) is 17.0. The SMILES string of the molecule is Cc1nn(-c2ccccc2)c(C)c1CC(=O)N1CCCC(C(=O)Nc2nncs2)C1. The molecule has 30 heavy (non-hydrogen) atoms. The maximum Gasteiger partial charge on any atom is 0.231 e. The standard InChI is InChI=1S/C21H24N6O2S/c1-14-18(15(2)27(25-14)17-8-4-3-5-9-17)11-19(28)26-10-6-7-16(12-26)20(29)23-21-24-22-13-30-21/h3-5,8-9,13,16H,6-7,10-12H2,1-2H3,(H,23,24,29). The third kappa shape index (κ3) is 4.25. The lowest BCUT2D eigenvalue weighted by Gasteiger charge is -2.32. The van der Waals surface area contributed by atoms with Gasteiger partial charge in [-0.05, 0) is 38.8 Å². The van der Waals surface area contributed by atoms with Crippen LogP contribution in [-0.2, 0) is 16.0 Å². The molecule has 2 amide bonds. The Morgan fingerprint density at radius 1 is 1.23 bits per heavy atom. The number of aryl methyl sites for hydroxylation is 1. The number of rotatable bonds is 5. The minimum atomic E-state index is -0.235. The molecular weight excluding hydrogens is 400 g/mol. The molecule has 1 saturated heterocycles. The van der Waals surface area contributed by atoms with Gasteiger partial charge in [-0.2, -0.15) is 5.10 Å². The normalized spacial score (nSPS) is 16.5. The monoisotopic (exact) mass is 424 g/mol. The summed E-state index contributed by atoms with van der Waals surface area (Å²) in [7, 11) is 0. The number of carbonyl (C=O) groups is 2. The van der Waals surface area contributed by atoms with E-state index in [9.17, 15) is 9.59 Å². The van der Waals surface area contributed by atoms with Gasteiger partial charge in [0, 0.05) is 24.3 Å². The summed E-state index contributed by atoms with van der Waals surface area (Å²) >= 11 is 1.28. The third-order valence-corrected chi connectivity index (χ3v) is 6.11. The summed E-state index contributed by atoms with van der Waals surface area (Å²) in [5, 5.41) is 15.5. The maximum atomic E-state index is 13.0. The molecule has 3 aromatic rings. The maximum absolute atomic E-state index is 13.0. The zero-order valence-corrected chi connectivity index (χ0v) is 17.9. The molecule has 0 spiro atoms. The molecule has 2 aromatic heterocycles. The summed E-state index contributed by atoms with van der Waals surface area (Å²) < 4.78 is 1.88. The van der Waals surface area contributed by atoms with E-state index in [0.717, 1.165) is 35.5 Å². The lowest BCUT2D eigenvalue weighted by Crippen LogP contribution is -2.44. The number of para-hydroxylation sites is 1. The van der Waals surface area contributed by atoms with Crippen LogP contribution in [0, 0.1) is 19.8 Å². The largest absolute Gasteiger partial charge is 0.342 e. The molecule has 0 bridgehead atoms. The molecule has 1 N–H and O–H groups in total. The Hall–Kier alpha value is -3.07. The van der Waals surface area contributed by atoms with Gasteiger partial charge >= 0.3 is 0 Å². The highest BCUT2D eigenvalue weighted by atomic mass is 32.1. The van der Waals surface area contributed by atoms with Crippen LogP contribution in [-0.4, -0.2) is 49.8 Å². The van der Waals surface area contributed by atoms with Crippen molar-refractivity contribution in [2.75, 3.05) is 18.4 Å². The number of carbonyl (C=O) groups excluding carboxylic acids is 2. The van der Waals surface area contributed by atoms with Crippen LogP contribution >= 0.6 is 11.3 Å². The lowest BCUT2D eigenvalue weighted by molar-refractivity contribution is -0.133. The van der Waals surface area contributed by atoms with E-state index in [0.29, 0.717) is 18.2 Å². The Morgan fingerprint density at radius 2 is 2.03 bits per heavy atom. The average molecular weight is 425 g/mol. The van der Waals surface area contributed by atoms with E-state index < -0.39 is 0 Å². The summed E-state index contributed by atoms with van der Waals surface area (Å²) in [5.41, 5.74) is 5.32. The van der Waals surface area contributed by atoms with E-state index in [1.165, 1.54) is 11.3 Å². The topological polar surface area (TPSA) is 93.0 Å². The highest BCUT2D eigenvalue weighted by Gasteiger charge is 2.29. The van der Waals surface area contributed by atoms with Crippen molar-refractivity contribution in [2.24, 2.45) is 5.92 Å². The van der Waals surface area contributed by atoms with Crippen LogP contribution in [0.4, 0.5) is 5.13 Å². The molecular formula is C21H24N6O2S. The predicted octanol–water partition coefficient (Wildman–Crippen LogP) is 2.76. The molecule has 1 unspecified atom stereocenters. The van der Waals surface area contributed by atoms with Gasteiger partial charge in [-0.3, -0.25) is 9.59 Å². The van der Waals surface area contributed by atoms with Crippen molar-refractivity contribution < 1.29 is 9.59 Å². The van der Waals surface area contributed by atoms with Crippen molar-refractivity contribution in [3.63, 3.8) is 0 Å². The van der Waals surface area contributed by atoms with Crippen molar-refractivity contribution in [2.45, 2.75) is 33.1 Å². The van der Waals surface area contributed by atoms with Crippen molar-refractivity contribution >= 4 is 28.3 Å². The Kier molecular flexibility index (Phi) is 5.89. The summed E-state index contributed by atoms with van der Waals surface area (Å²) in [4.78, 5) is 27.4. The first-order valence-corrected chi connectivity index (χ1v) is 10.9. The Morgan fingerprint density at radius 3 is 2.77 bits per heavy atom. The van der Waals surface area contributed by atoms with Crippen LogP contribution in [0.2, 0.25) is 0 Å². The number of hydrogen-bond acceptors (Lipinski definition) is 6. The molecule has 1 aliphatic rings. The first-order valence-electron chi connectivity index (χ1n) is 9.98. The number of likely N-dealkylation sites (tertiary alicyclic amines) is 1. The molecule has 3 heterocycles. The van der Waals surface area contributed by atoms with E-state index in [1.807, 2.05) is 48.9 Å². The number of aromatic nitrogens is 4. The van der Waals surface area contributed by atoms with Gasteiger partial charge in [0.1, 0.15) is 5.51 Å². The molecule has 4 rings (SSSR count). The smallest absolute Gasteiger partial charge is 0.231 e. The molecule has 9 heteroatoms. The van der Waals surface area contributed by atoms with Crippen molar-refractivity contribution in [1.82, 2.24) is 24.9 Å². The summed E-state index contributed by atoms with van der Waals surface area (Å²) in [6, 6.07) is 9.90. The number of hydrogen-bond donors (Lipinski definition) is 1. The van der Waals surface area contributed by atoms with E-state index >= 15 is 0 Å². The lowest BCUT2D eigenvalue weighted by atomic mass is 9.96. The first kappa shape index (κ1) is 20.2. The van der Waals surface area contributed by atoms with Crippen LogP contribution in [0.1, 0.15) is 29.8 Å². The molecule has 1 fully saturated rings. The van der Waals surface area contributed by atoms with Crippen LogP contribution in [0.5, 0.6) is 0 Å².